The molecule has 0 spiro atoms. The number of hydrogen-bond donors (Lipinski definition) is 2. The first-order valence-corrected chi connectivity index (χ1v) is 5.43. The molecule has 0 aromatic carbocycles. The molecular formula is C11H22N2O2. The summed E-state index contributed by atoms with van der Waals surface area (Å²) in [5, 5.41) is 13.0. The van der Waals surface area contributed by atoms with Gasteiger partial charge < -0.3 is 15.3 Å². The summed E-state index contributed by atoms with van der Waals surface area (Å²) in [5.74, 6) is 0.245. The lowest BCUT2D eigenvalue weighted by molar-refractivity contribution is -0.168. The number of hydrogen-bond acceptors (Lipinski definition) is 3. The van der Waals surface area contributed by atoms with Crippen molar-refractivity contribution in [2.45, 2.75) is 38.8 Å². The van der Waals surface area contributed by atoms with Crippen LogP contribution in [0.5, 0.6) is 0 Å². The van der Waals surface area contributed by atoms with Gasteiger partial charge in [0.15, 0.2) is 0 Å². The van der Waals surface area contributed by atoms with Crippen LogP contribution in [0.4, 0.5) is 0 Å². The van der Waals surface area contributed by atoms with Gasteiger partial charge in [0.1, 0.15) is 5.60 Å². The predicted octanol–water partition coefficient (Wildman–Crippen LogP) is 0.214. The van der Waals surface area contributed by atoms with Crippen LogP contribution < -0.4 is 5.32 Å². The Morgan fingerprint density at radius 2 is 1.93 bits per heavy atom. The van der Waals surface area contributed by atoms with Crippen molar-refractivity contribution < 1.29 is 9.90 Å². The van der Waals surface area contributed by atoms with Gasteiger partial charge in [0.2, 0.25) is 5.91 Å². The van der Waals surface area contributed by atoms with Crippen molar-refractivity contribution in [1.29, 1.82) is 0 Å². The van der Waals surface area contributed by atoms with Crippen LogP contribution in [-0.4, -0.2) is 47.2 Å². The van der Waals surface area contributed by atoms with Gasteiger partial charge in [-0.3, -0.25) is 4.79 Å². The van der Waals surface area contributed by atoms with E-state index < -0.39 is 11.1 Å². The van der Waals surface area contributed by atoms with Crippen molar-refractivity contribution in [2.24, 2.45) is 5.92 Å². The van der Waals surface area contributed by atoms with E-state index in [1.54, 1.807) is 11.9 Å². The standard InChI is InChI=1S/C11H22N2O2/c1-8(2)11(15)6-13(7-11)9(14)10(3,4)12-5/h8,12,15H,6-7H2,1-5H3. The normalized spacial score (nSPS) is 20.3. The molecule has 0 unspecified atom stereocenters. The number of likely N-dealkylation sites (N-methyl/N-ethyl adjacent to an activating group) is 1. The van der Waals surface area contributed by atoms with Gasteiger partial charge in [0.05, 0.1) is 18.6 Å². The molecule has 1 rings (SSSR count). The third-order valence-corrected chi connectivity index (χ3v) is 3.45. The van der Waals surface area contributed by atoms with Gasteiger partial charge in [0, 0.05) is 0 Å². The van der Waals surface area contributed by atoms with Crippen molar-refractivity contribution in [3.05, 3.63) is 0 Å². The Balaban J connectivity index is 2.56. The topological polar surface area (TPSA) is 52.6 Å². The molecule has 1 aliphatic heterocycles. The van der Waals surface area contributed by atoms with E-state index in [1.807, 2.05) is 27.7 Å². The van der Waals surface area contributed by atoms with E-state index in [0.29, 0.717) is 13.1 Å². The first-order chi connectivity index (χ1) is 6.73. The molecule has 0 radical (unpaired) electrons. The number of carbonyl (C=O) groups excluding carboxylic acids is 1. The Morgan fingerprint density at radius 1 is 1.47 bits per heavy atom. The Labute approximate surface area is 91.6 Å². The lowest BCUT2D eigenvalue weighted by Crippen LogP contribution is -2.69. The molecule has 1 saturated heterocycles. The lowest BCUT2D eigenvalue weighted by atomic mass is 9.82. The first kappa shape index (κ1) is 12.5. The van der Waals surface area contributed by atoms with Gasteiger partial charge >= 0.3 is 0 Å². The van der Waals surface area contributed by atoms with E-state index in [-0.39, 0.29) is 11.8 Å². The number of nitrogens with one attached hydrogen (secondary N) is 1. The van der Waals surface area contributed by atoms with Crippen LogP contribution in [0, 0.1) is 5.92 Å². The highest BCUT2D eigenvalue weighted by Crippen LogP contribution is 2.30. The van der Waals surface area contributed by atoms with Crippen molar-refractivity contribution >= 4 is 5.91 Å². The average molecular weight is 214 g/mol. The van der Waals surface area contributed by atoms with E-state index in [2.05, 4.69) is 5.32 Å². The Bertz CT molecular complexity index is 255. The second-order valence-electron chi connectivity index (χ2n) is 5.29. The molecule has 1 amide bonds. The summed E-state index contributed by atoms with van der Waals surface area (Å²) in [7, 11) is 1.77. The monoisotopic (exact) mass is 214 g/mol. The number of likely N-dealkylation sites (tertiary alicyclic amines) is 1. The summed E-state index contributed by atoms with van der Waals surface area (Å²) >= 11 is 0. The molecule has 1 fully saturated rings. The van der Waals surface area contributed by atoms with Crippen LogP contribution in [0.2, 0.25) is 0 Å². The third-order valence-electron chi connectivity index (χ3n) is 3.45. The summed E-state index contributed by atoms with van der Waals surface area (Å²) in [5.41, 5.74) is -1.22. The quantitative estimate of drug-likeness (QED) is 0.706. The number of amides is 1. The molecule has 0 saturated carbocycles. The molecule has 2 N–H and O–H groups in total. The molecule has 4 nitrogen and oxygen atoms in total. The first-order valence-electron chi connectivity index (χ1n) is 5.43. The molecule has 1 heterocycles. The molecular weight excluding hydrogens is 192 g/mol. The van der Waals surface area contributed by atoms with Crippen LogP contribution in [0.15, 0.2) is 0 Å². The van der Waals surface area contributed by atoms with Gasteiger partial charge in [-0.2, -0.15) is 0 Å². The molecule has 0 bridgehead atoms. The maximum atomic E-state index is 11.9. The maximum absolute atomic E-state index is 11.9. The van der Waals surface area contributed by atoms with E-state index in [9.17, 15) is 9.90 Å². The second-order valence-corrected chi connectivity index (χ2v) is 5.29. The highest BCUT2D eigenvalue weighted by molar-refractivity contribution is 5.86. The van der Waals surface area contributed by atoms with Gasteiger partial charge in [0.25, 0.3) is 0 Å². The number of β-amino-alcohol motifs (C(OH)–C–C–N with tert-alkyl or cyclic N) is 1. The lowest BCUT2D eigenvalue weighted by Gasteiger charge is -2.51. The fraction of sp³-hybridized carbons (Fsp3) is 0.909. The Morgan fingerprint density at radius 3 is 2.27 bits per heavy atom. The average Bonchev–Trinajstić information content (AvgIpc) is 2.11. The number of nitrogens with zero attached hydrogens (tertiary/aromatic N) is 1. The SMILES string of the molecule is CNC(C)(C)C(=O)N1CC(O)(C(C)C)C1. The molecule has 15 heavy (non-hydrogen) atoms. The minimum atomic E-state index is -0.681. The van der Waals surface area contributed by atoms with Gasteiger partial charge in [-0.05, 0) is 26.8 Å². The zero-order chi connectivity index (χ0) is 11.9. The van der Waals surface area contributed by atoms with E-state index in [4.69, 9.17) is 0 Å². The number of carbonyl (C=O) groups is 1. The molecule has 0 aliphatic carbocycles. The van der Waals surface area contributed by atoms with Crippen molar-refractivity contribution in [1.82, 2.24) is 10.2 Å². The minimum absolute atomic E-state index is 0.0512. The zero-order valence-corrected chi connectivity index (χ0v) is 10.3. The molecule has 0 aromatic heterocycles. The van der Waals surface area contributed by atoms with Crippen LogP contribution in [-0.2, 0) is 4.79 Å². The number of rotatable bonds is 3. The molecule has 4 heteroatoms. The van der Waals surface area contributed by atoms with E-state index >= 15 is 0 Å². The Hall–Kier alpha value is -0.610. The van der Waals surface area contributed by atoms with Crippen molar-refractivity contribution in [3.63, 3.8) is 0 Å². The fourth-order valence-electron chi connectivity index (χ4n) is 1.63. The summed E-state index contributed by atoms with van der Waals surface area (Å²) in [6.45, 7) is 8.56. The second kappa shape index (κ2) is 3.76. The smallest absolute Gasteiger partial charge is 0.242 e. The largest absolute Gasteiger partial charge is 0.386 e. The van der Waals surface area contributed by atoms with Crippen LogP contribution in [0.25, 0.3) is 0 Å². The molecule has 0 atom stereocenters. The summed E-state index contributed by atoms with van der Waals surface area (Å²) < 4.78 is 0. The maximum Gasteiger partial charge on any atom is 0.242 e. The highest BCUT2D eigenvalue weighted by Gasteiger charge is 2.48. The van der Waals surface area contributed by atoms with Crippen molar-refractivity contribution in [2.75, 3.05) is 20.1 Å². The van der Waals surface area contributed by atoms with Crippen LogP contribution >= 0.6 is 0 Å². The van der Waals surface area contributed by atoms with Crippen molar-refractivity contribution in [3.8, 4) is 0 Å². The molecule has 88 valence electrons. The third kappa shape index (κ3) is 2.16. The van der Waals surface area contributed by atoms with E-state index in [0.717, 1.165) is 0 Å². The Kier molecular flexibility index (Phi) is 3.12. The summed E-state index contributed by atoms with van der Waals surface area (Å²) in [4.78, 5) is 13.6. The zero-order valence-electron chi connectivity index (χ0n) is 10.3. The fourth-order valence-corrected chi connectivity index (χ4v) is 1.63. The molecule has 0 aromatic rings. The molecule has 1 aliphatic rings. The highest BCUT2D eigenvalue weighted by atomic mass is 16.3. The van der Waals surface area contributed by atoms with Crippen LogP contribution in [0.1, 0.15) is 27.7 Å². The van der Waals surface area contributed by atoms with Crippen LogP contribution in [0.3, 0.4) is 0 Å². The summed E-state index contributed by atoms with van der Waals surface area (Å²) in [6, 6.07) is 0. The van der Waals surface area contributed by atoms with Gasteiger partial charge in [-0.25, -0.2) is 0 Å². The van der Waals surface area contributed by atoms with E-state index in [1.165, 1.54) is 0 Å². The minimum Gasteiger partial charge on any atom is -0.386 e. The summed E-state index contributed by atoms with van der Waals surface area (Å²) in [6.07, 6.45) is 0. The van der Waals surface area contributed by atoms with Gasteiger partial charge in [-0.1, -0.05) is 13.8 Å². The number of aliphatic hydroxyl groups is 1. The predicted molar refractivity (Wildman–Crippen MR) is 59.5 cm³/mol. The van der Waals surface area contributed by atoms with Gasteiger partial charge in [-0.15, -0.1) is 0 Å².